The van der Waals surface area contributed by atoms with E-state index in [0.717, 1.165) is 21.8 Å². The molecule has 1 heterocycles. The van der Waals surface area contributed by atoms with Gasteiger partial charge in [-0.25, -0.2) is 14.6 Å². The maximum absolute atomic E-state index is 12.3. The minimum atomic E-state index is -0.278. The van der Waals surface area contributed by atoms with Crippen molar-refractivity contribution in [2.45, 2.75) is 39.7 Å². The van der Waals surface area contributed by atoms with Crippen molar-refractivity contribution in [3.63, 3.8) is 0 Å². The van der Waals surface area contributed by atoms with Gasteiger partial charge in [-0.15, -0.1) is 11.3 Å². The Morgan fingerprint density at radius 3 is 2.42 bits per heavy atom. The third-order valence-electron chi connectivity index (χ3n) is 3.42. The van der Waals surface area contributed by atoms with Crippen molar-refractivity contribution >= 4 is 28.1 Å². The molecule has 0 aliphatic heterocycles. The molecule has 2 amide bonds. The average molecular weight is 348 g/mol. The topological polar surface area (TPSA) is 59.6 Å². The zero-order valence-corrected chi connectivity index (χ0v) is 15.5. The van der Waals surface area contributed by atoms with Crippen LogP contribution in [0.25, 0.3) is 0 Å². The third kappa shape index (κ3) is 5.06. The number of carbonyl (C=O) groups is 1. The van der Waals surface area contributed by atoms with Gasteiger partial charge in [-0.2, -0.15) is 0 Å². The average Bonchev–Trinajstić information content (AvgIpc) is 2.90. The van der Waals surface area contributed by atoms with Gasteiger partial charge in [-0.1, -0.05) is 38.5 Å². The lowest BCUT2D eigenvalue weighted by Gasteiger charge is -2.15. The van der Waals surface area contributed by atoms with Gasteiger partial charge >= 0.3 is 6.03 Å². The van der Waals surface area contributed by atoms with Gasteiger partial charge in [0.25, 0.3) is 0 Å². The molecule has 0 unspecified atom stereocenters. The maximum Gasteiger partial charge on any atom is 0.324 e. The number of urea groups is 1. The largest absolute Gasteiger partial charge is 0.324 e. The predicted molar refractivity (Wildman–Crippen MR) is 98.6 cm³/mol. The Morgan fingerprint density at radius 2 is 1.83 bits per heavy atom. The van der Waals surface area contributed by atoms with Gasteiger partial charge in [-0.05, 0) is 30.5 Å². The van der Waals surface area contributed by atoms with E-state index in [1.54, 1.807) is 11.3 Å². The number of anilines is 2. The highest BCUT2D eigenvalue weighted by atomic mass is 32.1. The molecule has 0 saturated heterocycles. The lowest BCUT2D eigenvalue weighted by atomic mass is 9.94. The van der Waals surface area contributed by atoms with E-state index in [1.807, 2.05) is 37.3 Å². The molecule has 2 rings (SSSR count). The number of hydrogen-bond acceptors (Lipinski definition) is 4. The van der Waals surface area contributed by atoms with Crippen LogP contribution in [0.4, 0.5) is 15.5 Å². The van der Waals surface area contributed by atoms with E-state index in [4.69, 9.17) is 4.89 Å². The Morgan fingerprint density at radius 1 is 1.17 bits per heavy atom. The van der Waals surface area contributed by atoms with Crippen LogP contribution in [0.15, 0.2) is 30.3 Å². The fraction of sp³-hybridized carbons (Fsp3) is 0.389. The van der Waals surface area contributed by atoms with Crippen LogP contribution < -0.4 is 10.6 Å². The molecule has 0 spiro atoms. The normalized spacial score (nSPS) is 11.4. The van der Waals surface area contributed by atoms with Crippen molar-refractivity contribution in [3.8, 4) is 0 Å². The maximum atomic E-state index is 12.3. The predicted octanol–water partition coefficient (Wildman–Crippen LogP) is 5.08. The Labute approximate surface area is 146 Å². The monoisotopic (exact) mass is 348 g/mol. The first-order valence-electron chi connectivity index (χ1n) is 7.73. The highest BCUT2D eigenvalue weighted by Crippen LogP contribution is 2.36. The van der Waals surface area contributed by atoms with E-state index in [2.05, 4.69) is 36.3 Å². The SMILES string of the molecule is COOCc1cc(C(C)(C)C)sc1NC(=O)Nc1ccc(C)cc1. The summed E-state index contributed by atoms with van der Waals surface area (Å²) in [5.74, 6) is 0. The summed E-state index contributed by atoms with van der Waals surface area (Å²) in [6, 6.07) is 9.43. The van der Waals surface area contributed by atoms with Crippen LogP contribution in [0.2, 0.25) is 0 Å². The van der Waals surface area contributed by atoms with Crippen molar-refractivity contribution < 1.29 is 14.6 Å². The molecule has 0 atom stereocenters. The molecule has 0 fully saturated rings. The number of rotatable bonds is 5. The van der Waals surface area contributed by atoms with Crippen LogP contribution in [0, 0.1) is 6.92 Å². The van der Waals surface area contributed by atoms with E-state index in [9.17, 15) is 4.79 Å². The number of hydrogen-bond donors (Lipinski definition) is 2. The van der Waals surface area contributed by atoms with Crippen LogP contribution in [0.5, 0.6) is 0 Å². The lowest BCUT2D eigenvalue weighted by molar-refractivity contribution is -0.282. The quantitative estimate of drug-likeness (QED) is 0.585. The highest BCUT2D eigenvalue weighted by Gasteiger charge is 2.21. The Bertz CT molecular complexity index is 687. The zero-order chi connectivity index (χ0) is 17.7. The van der Waals surface area contributed by atoms with Crippen LogP contribution in [-0.2, 0) is 21.8 Å². The van der Waals surface area contributed by atoms with E-state index < -0.39 is 0 Å². The molecule has 1 aromatic heterocycles. The number of thiophene rings is 1. The summed E-state index contributed by atoms with van der Waals surface area (Å²) in [5.41, 5.74) is 2.79. The molecule has 0 aliphatic carbocycles. The van der Waals surface area contributed by atoms with Crippen molar-refractivity contribution in [1.82, 2.24) is 0 Å². The lowest BCUT2D eigenvalue weighted by Crippen LogP contribution is -2.19. The second kappa shape index (κ2) is 7.79. The zero-order valence-electron chi connectivity index (χ0n) is 14.7. The second-order valence-corrected chi connectivity index (χ2v) is 7.64. The Balaban J connectivity index is 2.12. The molecule has 5 nitrogen and oxygen atoms in total. The number of aryl methyl sites for hydroxylation is 1. The van der Waals surface area contributed by atoms with Crippen molar-refractivity contribution in [1.29, 1.82) is 0 Å². The minimum absolute atomic E-state index is 0.000147. The third-order valence-corrected chi connectivity index (χ3v) is 4.94. The summed E-state index contributed by atoms with van der Waals surface area (Å²) in [6.07, 6.45) is 0. The standard InChI is InChI=1S/C18H24N2O3S/c1-12-6-8-14(9-7-12)19-17(21)20-16-13(11-23-22-5)10-15(24-16)18(2,3)4/h6-10H,11H2,1-5H3,(H2,19,20,21). The van der Waals surface area contributed by atoms with E-state index in [0.29, 0.717) is 0 Å². The van der Waals surface area contributed by atoms with Crippen LogP contribution in [0.1, 0.15) is 36.8 Å². The van der Waals surface area contributed by atoms with Gasteiger partial charge in [0.05, 0.1) is 7.11 Å². The summed E-state index contributed by atoms with van der Waals surface area (Å²) in [5, 5.41) is 6.51. The van der Waals surface area contributed by atoms with Gasteiger partial charge in [0, 0.05) is 16.1 Å². The number of nitrogens with one attached hydrogen (secondary N) is 2. The van der Waals surface area contributed by atoms with Gasteiger partial charge in [-0.3, -0.25) is 5.32 Å². The summed E-state index contributed by atoms with van der Waals surface area (Å²) in [4.78, 5) is 23.2. The molecule has 24 heavy (non-hydrogen) atoms. The van der Waals surface area contributed by atoms with Crippen LogP contribution in [-0.4, -0.2) is 13.1 Å². The molecule has 130 valence electrons. The number of benzene rings is 1. The number of amides is 2. The molecule has 0 bridgehead atoms. The van der Waals surface area contributed by atoms with Gasteiger partial charge in [0.2, 0.25) is 0 Å². The van der Waals surface area contributed by atoms with Crippen LogP contribution in [0.3, 0.4) is 0 Å². The van der Waals surface area contributed by atoms with Crippen molar-refractivity contribution in [2.75, 3.05) is 17.7 Å². The molecule has 0 aliphatic rings. The highest BCUT2D eigenvalue weighted by molar-refractivity contribution is 7.16. The van der Waals surface area contributed by atoms with Crippen molar-refractivity contribution in [3.05, 3.63) is 46.3 Å². The summed E-state index contributed by atoms with van der Waals surface area (Å²) >= 11 is 1.55. The van der Waals surface area contributed by atoms with Crippen molar-refractivity contribution in [2.24, 2.45) is 0 Å². The van der Waals surface area contributed by atoms with E-state index >= 15 is 0 Å². The van der Waals surface area contributed by atoms with Gasteiger partial charge < -0.3 is 5.32 Å². The molecule has 1 aromatic carbocycles. The molecule has 2 aromatic rings. The molecule has 0 radical (unpaired) electrons. The molecular formula is C18H24N2O3S. The smallest absolute Gasteiger partial charge is 0.308 e. The fourth-order valence-electron chi connectivity index (χ4n) is 2.04. The Hall–Kier alpha value is -1.89. The first kappa shape index (κ1) is 18.4. The van der Waals surface area contributed by atoms with Gasteiger partial charge in [0.15, 0.2) is 0 Å². The molecular weight excluding hydrogens is 324 g/mol. The van der Waals surface area contributed by atoms with Gasteiger partial charge in [0.1, 0.15) is 11.6 Å². The number of carbonyl (C=O) groups excluding carboxylic acids is 1. The van der Waals surface area contributed by atoms with E-state index in [-0.39, 0.29) is 18.1 Å². The molecule has 2 N–H and O–H groups in total. The first-order valence-corrected chi connectivity index (χ1v) is 8.54. The molecule has 0 saturated carbocycles. The Kier molecular flexibility index (Phi) is 5.99. The summed E-state index contributed by atoms with van der Waals surface area (Å²) in [6.45, 7) is 8.69. The van der Waals surface area contributed by atoms with E-state index in [1.165, 1.54) is 12.0 Å². The van der Waals surface area contributed by atoms with Crippen LogP contribution >= 0.6 is 11.3 Å². The second-order valence-electron chi connectivity index (χ2n) is 6.59. The first-order chi connectivity index (χ1) is 11.3. The molecule has 6 heteroatoms. The fourth-order valence-corrected chi connectivity index (χ4v) is 3.16. The minimum Gasteiger partial charge on any atom is -0.308 e. The summed E-state index contributed by atoms with van der Waals surface area (Å²) < 4.78 is 0. The summed E-state index contributed by atoms with van der Waals surface area (Å²) in [7, 11) is 1.47.